The molecule has 6 rings (SSSR count). The standard InChI is InChI=1S/C27H27N5O.C2H6/c33-27-21-7-4-8-22-24(21)26(30-31-27)23(19-5-2-1-3-6-19)25(29-22)20-11-9-18(10-12-20)17-32-15-13-28-14-16-32;1-2/h1-12,23,25,28-29H,13-17H2,(H,31,33);1-2H3. The number of hydrogen-bond acceptors (Lipinski definition) is 5. The summed E-state index contributed by atoms with van der Waals surface area (Å²) in [5.74, 6) is -0.0144. The number of aromatic nitrogens is 2. The summed E-state index contributed by atoms with van der Waals surface area (Å²) >= 11 is 0. The quantitative estimate of drug-likeness (QED) is 0.407. The van der Waals surface area contributed by atoms with E-state index in [0.29, 0.717) is 5.39 Å². The number of benzene rings is 3. The van der Waals surface area contributed by atoms with Gasteiger partial charge in [0.2, 0.25) is 0 Å². The van der Waals surface area contributed by atoms with Crippen molar-refractivity contribution in [2.24, 2.45) is 0 Å². The molecular formula is C29H33N5O. The van der Waals surface area contributed by atoms with Gasteiger partial charge >= 0.3 is 0 Å². The largest absolute Gasteiger partial charge is 0.377 e. The fraction of sp³-hybridized carbons (Fsp3) is 0.310. The summed E-state index contributed by atoms with van der Waals surface area (Å²) in [6, 6.07) is 25.3. The lowest BCUT2D eigenvalue weighted by Gasteiger charge is -2.35. The zero-order valence-corrected chi connectivity index (χ0v) is 20.4. The molecule has 1 saturated heterocycles. The van der Waals surface area contributed by atoms with Gasteiger partial charge in [0, 0.05) is 43.8 Å². The number of nitrogens with zero attached hydrogens (tertiary/aromatic N) is 2. The van der Waals surface area contributed by atoms with Crippen LogP contribution in [0.15, 0.2) is 77.6 Å². The molecule has 180 valence electrons. The van der Waals surface area contributed by atoms with Crippen LogP contribution in [0.1, 0.15) is 48.2 Å². The monoisotopic (exact) mass is 467 g/mol. The first-order valence-corrected chi connectivity index (χ1v) is 12.6. The average Bonchev–Trinajstić information content (AvgIpc) is 2.93. The maximum atomic E-state index is 12.5. The summed E-state index contributed by atoms with van der Waals surface area (Å²) in [7, 11) is 0. The Balaban J connectivity index is 0.00000124. The molecule has 2 aliphatic rings. The molecule has 0 amide bonds. The lowest BCUT2D eigenvalue weighted by atomic mass is 9.80. The van der Waals surface area contributed by atoms with Crippen LogP contribution in [-0.4, -0.2) is 41.3 Å². The van der Waals surface area contributed by atoms with Crippen molar-refractivity contribution in [3.05, 3.63) is 106 Å². The van der Waals surface area contributed by atoms with E-state index in [1.165, 1.54) is 16.7 Å². The SMILES string of the molecule is CC.O=c1[nH]nc2c3c(cccc13)NC(c1ccc(CN3CCNCC3)cc1)C2c1ccccc1. The molecule has 4 aromatic rings. The van der Waals surface area contributed by atoms with Crippen LogP contribution >= 0.6 is 0 Å². The third-order valence-electron chi connectivity index (χ3n) is 6.90. The zero-order valence-electron chi connectivity index (χ0n) is 20.4. The van der Waals surface area contributed by atoms with Crippen molar-refractivity contribution in [1.82, 2.24) is 20.4 Å². The number of piperazine rings is 1. The minimum Gasteiger partial charge on any atom is -0.377 e. The van der Waals surface area contributed by atoms with Gasteiger partial charge in [-0.25, -0.2) is 5.10 Å². The molecule has 2 aliphatic heterocycles. The molecule has 35 heavy (non-hydrogen) atoms. The molecule has 2 atom stereocenters. The van der Waals surface area contributed by atoms with Crippen molar-refractivity contribution >= 4 is 16.5 Å². The first kappa shape index (κ1) is 23.3. The van der Waals surface area contributed by atoms with E-state index < -0.39 is 0 Å². The van der Waals surface area contributed by atoms with E-state index in [-0.39, 0.29) is 17.5 Å². The van der Waals surface area contributed by atoms with Crippen LogP contribution < -0.4 is 16.2 Å². The number of aromatic amines is 1. The minimum atomic E-state index is -0.153. The normalized spacial score (nSPS) is 19.5. The van der Waals surface area contributed by atoms with Gasteiger partial charge in [0.15, 0.2) is 0 Å². The summed E-state index contributed by atoms with van der Waals surface area (Å²) in [5, 5.41) is 16.1. The Morgan fingerprint density at radius 1 is 0.886 bits per heavy atom. The summed E-state index contributed by atoms with van der Waals surface area (Å²) in [6.45, 7) is 9.28. The van der Waals surface area contributed by atoms with Crippen LogP contribution in [0.3, 0.4) is 0 Å². The molecule has 6 heteroatoms. The third-order valence-corrected chi connectivity index (χ3v) is 6.90. The molecule has 1 aromatic heterocycles. The van der Waals surface area contributed by atoms with Crippen molar-refractivity contribution in [2.45, 2.75) is 32.4 Å². The molecule has 0 aliphatic carbocycles. The molecule has 0 spiro atoms. The highest BCUT2D eigenvalue weighted by Gasteiger charge is 2.34. The fourth-order valence-electron chi connectivity index (χ4n) is 5.24. The lowest BCUT2D eigenvalue weighted by Crippen LogP contribution is -2.42. The molecular weight excluding hydrogens is 434 g/mol. The Hall–Kier alpha value is -3.48. The van der Waals surface area contributed by atoms with Crippen LogP contribution in [0.25, 0.3) is 10.8 Å². The van der Waals surface area contributed by atoms with Crippen LogP contribution in [0.5, 0.6) is 0 Å². The van der Waals surface area contributed by atoms with Crippen molar-refractivity contribution in [3.8, 4) is 0 Å². The average molecular weight is 468 g/mol. The summed E-state index contributed by atoms with van der Waals surface area (Å²) in [4.78, 5) is 15.0. The first-order chi connectivity index (χ1) is 17.3. The van der Waals surface area contributed by atoms with Gasteiger partial charge in [-0.1, -0.05) is 74.5 Å². The molecule has 2 unspecified atom stereocenters. The van der Waals surface area contributed by atoms with Gasteiger partial charge in [0.1, 0.15) is 0 Å². The topological polar surface area (TPSA) is 73.0 Å². The Labute approximate surface area is 206 Å². The second kappa shape index (κ2) is 10.4. The van der Waals surface area contributed by atoms with Crippen molar-refractivity contribution in [3.63, 3.8) is 0 Å². The molecule has 6 nitrogen and oxygen atoms in total. The lowest BCUT2D eigenvalue weighted by molar-refractivity contribution is 0.233. The van der Waals surface area contributed by atoms with E-state index in [9.17, 15) is 4.79 Å². The van der Waals surface area contributed by atoms with E-state index in [1.807, 2.05) is 38.1 Å². The Morgan fingerprint density at radius 3 is 2.37 bits per heavy atom. The Morgan fingerprint density at radius 2 is 1.63 bits per heavy atom. The van der Waals surface area contributed by atoms with E-state index in [2.05, 4.69) is 74.3 Å². The number of anilines is 1. The Kier molecular flexibility index (Phi) is 6.93. The number of hydrogen-bond donors (Lipinski definition) is 3. The molecule has 0 radical (unpaired) electrons. The number of rotatable bonds is 4. The predicted octanol–water partition coefficient (Wildman–Crippen LogP) is 4.65. The van der Waals surface area contributed by atoms with Crippen molar-refractivity contribution < 1.29 is 0 Å². The maximum absolute atomic E-state index is 12.5. The highest BCUT2D eigenvalue weighted by molar-refractivity contribution is 5.97. The number of H-pyrrole nitrogens is 1. The van der Waals surface area contributed by atoms with Crippen LogP contribution in [0, 0.1) is 0 Å². The second-order valence-electron chi connectivity index (χ2n) is 8.94. The predicted molar refractivity (Wildman–Crippen MR) is 143 cm³/mol. The van der Waals surface area contributed by atoms with Gasteiger partial charge in [0.05, 0.1) is 23.0 Å². The van der Waals surface area contributed by atoms with Crippen molar-refractivity contribution in [1.29, 1.82) is 0 Å². The minimum absolute atomic E-state index is 0.0112. The summed E-state index contributed by atoms with van der Waals surface area (Å²) < 4.78 is 0. The molecule has 0 saturated carbocycles. The summed E-state index contributed by atoms with van der Waals surface area (Å²) in [6.07, 6.45) is 0. The first-order valence-electron chi connectivity index (χ1n) is 12.6. The van der Waals surface area contributed by atoms with Gasteiger partial charge in [-0.15, -0.1) is 0 Å². The van der Waals surface area contributed by atoms with Gasteiger partial charge in [-0.05, 0) is 28.8 Å². The molecule has 3 aromatic carbocycles. The second-order valence-corrected chi connectivity index (χ2v) is 8.94. The molecule has 3 N–H and O–H groups in total. The highest BCUT2D eigenvalue weighted by atomic mass is 16.1. The van der Waals surface area contributed by atoms with E-state index >= 15 is 0 Å². The number of nitrogens with one attached hydrogen (secondary N) is 3. The highest BCUT2D eigenvalue weighted by Crippen LogP contribution is 2.46. The molecule has 3 heterocycles. The van der Waals surface area contributed by atoms with Crippen LogP contribution in [-0.2, 0) is 6.54 Å². The molecule has 1 fully saturated rings. The zero-order chi connectivity index (χ0) is 24.2. The van der Waals surface area contributed by atoms with Gasteiger partial charge in [-0.2, -0.15) is 5.10 Å². The van der Waals surface area contributed by atoms with E-state index in [0.717, 1.165) is 49.5 Å². The smallest absolute Gasteiger partial charge is 0.272 e. The van der Waals surface area contributed by atoms with Crippen LogP contribution in [0.2, 0.25) is 0 Å². The van der Waals surface area contributed by atoms with Gasteiger partial charge in [0.25, 0.3) is 5.56 Å². The molecule has 0 bridgehead atoms. The van der Waals surface area contributed by atoms with Crippen LogP contribution in [0.4, 0.5) is 5.69 Å². The maximum Gasteiger partial charge on any atom is 0.272 e. The van der Waals surface area contributed by atoms with Gasteiger partial charge < -0.3 is 10.6 Å². The summed E-state index contributed by atoms with van der Waals surface area (Å²) in [5.41, 5.74) is 5.44. The Bertz CT molecular complexity index is 1330. The van der Waals surface area contributed by atoms with E-state index in [1.54, 1.807) is 0 Å². The van der Waals surface area contributed by atoms with Crippen molar-refractivity contribution in [2.75, 3.05) is 31.5 Å². The van der Waals surface area contributed by atoms with E-state index in [4.69, 9.17) is 0 Å². The third kappa shape index (κ3) is 4.59. The van der Waals surface area contributed by atoms with Gasteiger partial charge in [-0.3, -0.25) is 9.69 Å². The fourth-order valence-corrected chi connectivity index (χ4v) is 5.24.